The molecule has 0 aliphatic carbocycles. The van der Waals surface area contributed by atoms with Crippen molar-refractivity contribution in [1.82, 2.24) is 9.88 Å². The van der Waals surface area contributed by atoms with E-state index in [0.29, 0.717) is 6.17 Å². The molecule has 6 heteroatoms. The fraction of sp³-hybridized carbons (Fsp3) is 0.368. The Morgan fingerprint density at radius 3 is 2.44 bits per heavy atom. The predicted molar refractivity (Wildman–Crippen MR) is 101 cm³/mol. The maximum Gasteiger partial charge on any atom is 0.231 e. The van der Waals surface area contributed by atoms with Crippen molar-refractivity contribution in [3.63, 3.8) is 0 Å². The van der Waals surface area contributed by atoms with Crippen LogP contribution in [0.5, 0.6) is 0 Å². The Morgan fingerprint density at radius 1 is 0.960 bits per heavy atom. The van der Waals surface area contributed by atoms with Gasteiger partial charge in [0.25, 0.3) is 0 Å². The van der Waals surface area contributed by atoms with E-state index < -0.39 is 0 Å². The summed E-state index contributed by atoms with van der Waals surface area (Å²) in [5.74, 6) is 3.29. The van der Waals surface area contributed by atoms with Crippen molar-refractivity contribution in [2.24, 2.45) is 7.05 Å². The van der Waals surface area contributed by atoms with E-state index in [9.17, 15) is 0 Å². The summed E-state index contributed by atoms with van der Waals surface area (Å²) in [4.78, 5) is 13.7. The molecule has 25 heavy (non-hydrogen) atoms. The summed E-state index contributed by atoms with van der Waals surface area (Å²) in [5, 5.41) is 0. The van der Waals surface area contributed by atoms with E-state index in [-0.39, 0.29) is 6.17 Å². The Balaban J connectivity index is 1.80. The molecule has 0 aromatic carbocycles. The van der Waals surface area contributed by atoms with Crippen LogP contribution < -0.4 is 19.3 Å². The third kappa shape index (κ3) is 2.24. The van der Waals surface area contributed by atoms with E-state index >= 15 is 0 Å². The van der Waals surface area contributed by atoms with Crippen LogP contribution in [-0.4, -0.2) is 36.3 Å². The van der Waals surface area contributed by atoms with Crippen LogP contribution in [-0.2, 0) is 7.05 Å². The number of rotatable bonds is 2. The van der Waals surface area contributed by atoms with Gasteiger partial charge in [0, 0.05) is 38.6 Å². The largest absolute Gasteiger partial charge is 0.346 e. The highest BCUT2D eigenvalue weighted by Crippen LogP contribution is 2.40. The molecule has 2 aromatic rings. The van der Waals surface area contributed by atoms with Crippen LogP contribution in [0.2, 0.25) is 0 Å². The highest BCUT2D eigenvalue weighted by molar-refractivity contribution is 5.78. The van der Waals surface area contributed by atoms with E-state index in [1.807, 2.05) is 12.3 Å². The highest BCUT2D eigenvalue weighted by Gasteiger charge is 2.39. The quantitative estimate of drug-likeness (QED) is 0.785. The van der Waals surface area contributed by atoms with Crippen LogP contribution in [0.4, 0.5) is 23.1 Å². The van der Waals surface area contributed by atoms with Crippen molar-refractivity contribution in [3.8, 4) is 0 Å². The SMILES string of the molecule is C[C@@H]1N(C)c2cccnc2N1c1cccc(N2C=CN(C)[C@@H]2C)[n+]1C. The van der Waals surface area contributed by atoms with Crippen LogP contribution in [0.15, 0.2) is 48.9 Å². The molecular weight excluding hydrogens is 312 g/mol. The highest BCUT2D eigenvalue weighted by atomic mass is 15.5. The molecule has 130 valence electrons. The summed E-state index contributed by atoms with van der Waals surface area (Å²) in [5.41, 5.74) is 1.16. The normalized spacial score (nSPS) is 22.1. The Hall–Kier alpha value is -2.76. The first-order valence-electron chi connectivity index (χ1n) is 8.65. The second-order valence-corrected chi connectivity index (χ2v) is 6.76. The maximum atomic E-state index is 4.65. The van der Waals surface area contributed by atoms with Crippen molar-refractivity contribution < 1.29 is 4.57 Å². The fourth-order valence-corrected chi connectivity index (χ4v) is 3.65. The number of fused-ring (bicyclic) bond motifs is 1. The molecule has 0 saturated carbocycles. The third-order valence-electron chi connectivity index (χ3n) is 5.45. The molecule has 2 aromatic heterocycles. The first-order valence-corrected chi connectivity index (χ1v) is 8.65. The first-order chi connectivity index (χ1) is 12.0. The van der Waals surface area contributed by atoms with Gasteiger partial charge in [-0.3, -0.25) is 0 Å². The van der Waals surface area contributed by atoms with E-state index in [1.54, 1.807) is 0 Å². The number of nitrogens with zero attached hydrogens (tertiary/aromatic N) is 6. The van der Waals surface area contributed by atoms with Gasteiger partial charge in [0.2, 0.25) is 17.5 Å². The first kappa shape index (κ1) is 15.7. The van der Waals surface area contributed by atoms with Crippen molar-refractivity contribution in [2.75, 3.05) is 28.8 Å². The lowest BCUT2D eigenvalue weighted by Gasteiger charge is -2.27. The number of anilines is 4. The van der Waals surface area contributed by atoms with Gasteiger partial charge in [0.05, 0.1) is 18.9 Å². The van der Waals surface area contributed by atoms with Crippen LogP contribution in [0.3, 0.4) is 0 Å². The summed E-state index contributed by atoms with van der Waals surface area (Å²) >= 11 is 0. The molecule has 0 spiro atoms. The van der Waals surface area contributed by atoms with Gasteiger partial charge in [-0.25, -0.2) is 19.4 Å². The van der Waals surface area contributed by atoms with Crippen LogP contribution >= 0.6 is 0 Å². The Morgan fingerprint density at radius 2 is 1.72 bits per heavy atom. The molecule has 0 unspecified atom stereocenters. The van der Waals surface area contributed by atoms with Crippen molar-refractivity contribution >= 4 is 23.1 Å². The fourth-order valence-electron chi connectivity index (χ4n) is 3.65. The van der Waals surface area contributed by atoms with E-state index in [2.05, 4.69) is 101 Å². The molecule has 0 saturated heterocycles. The van der Waals surface area contributed by atoms with Crippen molar-refractivity contribution in [1.29, 1.82) is 0 Å². The van der Waals surface area contributed by atoms with Gasteiger partial charge in [-0.2, -0.15) is 0 Å². The molecule has 0 bridgehead atoms. The molecule has 0 radical (unpaired) electrons. The zero-order chi connectivity index (χ0) is 17.7. The summed E-state index contributed by atoms with van der Waals surface area (Å²) in [7, 11) is 6.34. The van der Waals surface area contributed by atoms with Crippen molar-refractivity contribution in [3.05, 3.63) is 48.9 Å². The second-order valence-electron chi connectivity index (χ2n) is 6.76. The second kappa shape index (κ2) is 5.65. The number of pyridine rings is 2. The summed E-state index contributed by atoms with van der Waals surface area (Å²) in [6.07, 6.45) is 6.61. The monoisotopic (exact) mass is 337 g/mol. The van der Waals surface area contributed by atoms with Crippen LogP contribution in [0, 0.1) is 0 Å². The molecule has 4 heterocycles. The average Bonchev–Trinajstić information content (AvgIpc) is 3.07. The topological polar surface area (TPSA) is 29.7 Å². The van der Waals surface area contributed by atoms with Gasteiger partial charge in [0.15, 0.2) is 6.17 Å². The van der Waals surface area contributed by atoms with Gasteiger partial charge in [0.1, 0.15) is 6.17 Å². The van der Waals surface area contributed by atoms with E-state index in [1.165, 1.54) is 0 Å². The van der Waals surface area contributed by atoms with Gasteiger partial charge < -0.3 is 9.80 Å². The zero-order valence-corrected chi connectivity index (χ0v) is 15.5. The summed E-state index contributed by atoms with van der Waals surface area (Å²) in [6, 6.07) is 10.6. The molecule has 2 aliphatic heterocycles. The Kier molecular flexibility index (Phi) is 3.56. The maximum absolute atomic E-state index is 4.65. The molecule has 0 amide bonds. The van der Waals surface area contributed by atoms with Gasteiger partial charge >= 0.3 is 0 Å². The van der Waals surface area contributed by atoms with E-state index in [0.717, 1.165) is 23.1 Å². The van der Waals surface area contributed by atoms with Gasteiger partial charge in [-0.15, -0.1) is 0 Å². The standard InChI is InChI=1S/C19H25N6/c1-14-21(3)12-13-24(14)17-9-6-10-18(23(17)5)25-15(2)22(4)16-8-7-11-20-19(16)25/h6-15H,1-5H3/q+1/t14-,15+/m0/s1. The predicted octanol–water partition coefficient (Wildman–Crippen LogP) is 2.41. The Bertz CT molecular complexity index is 832. The molecule has 2 atom stereocenters. The minimum absolute atomic E-state index is 0.209. The third-order valence-corrected chi connectivity index (χ3v) is 5.45. The number of hydrogen-bond donors (Lipinski definition) is 0. The average molecular weight is 337 g/mol. The van der Waals surface area contributed by atoms with Crippen LogP contribution in [0.1, 0.15) is 13.8 Å². The van der Waals surface area contributed by atoms with Gasteiger partial charge in [-0.05, 0) is 32.0 Å². The minimum Gasteiger partial charge on any atom is -0.346 e. The zero-order valence-electron chi connectivity index (χ0n) is 15.5. The van der Waals surface area contributed by atoms with Crippen LogP contribution in [0.25, 0.3) is 0 Å². The Labute approximate surface area is 149 Å². The number of aromatic nitrogens is 2. The minimum atomic E-state index is 0.209. The summed E-state index contributed by atoms with van der Waals surface area (Å²) < 4.78 is 2.24. The van der Waals surface area contributed by atoms with E-state index in [4.69, 9.17) is 0 Å². The number of hydrogen-bond acceptors (Lipinski definition) is 5. The van der Waals surface area contributed by atoms with Gasteiger partial charge in [-0.1, -0.05) is 0 Å². The molecule has 0 N–H and O–H groups in total. The lowest BCUT2D eigenvalue weighted by Crippen LogP contribution is -2.47. The lowest BCUT2D eigenvalue weighted by molar-refractivity contribution is -0.645. The van der Waals surface area contributed by atoms with Crippen molar-refractivity contribution in [2.45, 2.75) is 26.2 Å². The molecule has 6 nitrogen and oxygen atoms in total. The molecular formula is C19H25N6+. The lowest BCUT2D eigenvalue weighted by atomic mass is 10.3. The smallest absolute Gasteiger partial charge is 0.231 e. The molecule has 4 rings (SSSR count). The molecule has 0 fully saturated rings. The summed E-state index contributed by atoms with van der Waals surface area (Å²) in [6.45, 7) is 4.41. The molecule has 2 aliphatic rings.